The summed E-state index contributed by atoms with van der Waals surface area (Å²) in [6, 6.07) is 17.4. The van der Waals surface area contributed by atoms with Crippen molar-refractivity contribution in [2.45, 2.75) is 19.9 Å². The average molecular weight is 460 g/mol. The molecule has 0 amide bonds. The Morgan fingerprint density at radius 3 is 2.76 bits per heavy atom. The van der Waals surface area contributed by atoms with Crippen LogP contribution in [0.5, 0.6) is 0 Å². The summed E-state index contributed by atoms with van der Waals surface area (Å²) < 4.78 is 5.29. The van der Waals surface area contributed by atoms with Crippen molar-refractivity contribution in [1.82, 2.24) is 20.2 Å². The molecular formula is C25H22ClN5O2. The summed E-state index contributed by atoms with van der Waals surface area (Å²) in [5, 5.41) is 8.38. The smallest absolute Gasteiger partial charge is 0.343 e. The van der Waals surface area contributed by atoms with E-state index in [1.807, 2.05) is 54.6 Å². The van der Waals surface area contributed by atoms with Gasteiger partial charge in [0.25, 0.3) is 0 Å². The third kappa shape index (κ3) is 4.19. The molecule has 166 valence electrons. The van der Waals surface area contributed by atoms with Crippen molar-refractivity contribution < 1.29 is 9.53 Å². The number of fused-ring (bicyclic) bond motifs is 1. The summed E-state index contributed by atoms with van der Waals surface area (Å²) >= 11 is 6.21. The number of nitrogens with zero attached hydrogens (tertiary/aromatic N) is 4. The number of esters is 1. The molecule has 0 bridgehead atoms. The maximum absolute atomic E-state index is 12.7. The monoisotopic (exact) mass is 459 g/mol. The molecule has 8 heteroatoms. The fourth-order valence-corrected chi connectivity index (χ4v) is 4.23. The van der Waals surface area contributed by atoms with Crippen molar-refractivity contribution in [3.63, 3.8) is 0 Å². The molecule has 7 nitrogen and oxygen atoms in total. The molecule has 0 saturated heterocycles. The molecule has 0 aliphatic carbocycles. The standard InChI is InChI=1S/C25H22ClN5O2/c1-2-33-25(32)19-14-27-23(16-7-4-3-5-8-16)28-24(19)31-12-11-21-20(15-31)22(30-29-21)17-9-6-10-18(26)13-17/h3-10,13-14H,2,11-12,15H2,1H3,(H,29,30). The summed E-state index contributed by atoms with van der Waals surface area (Å²) in [5.41, 5.74) is 5.18. The van der Waals surface area contributed by atoms with Gasteiger partial charge in [-0.05, 0) is 19.1 Å². The molecule has 2 aromatic carbocycles. The summed E-state index contributed by atoms with van der Waals surface area (Å²) in [6.45, 7) is 3.29. The molecule has 0 radical (unpaired) electrons. The van der Waals surface area contributed by atoms with Crippen LogP contribution < -0.4 is 4.90 Å². The van der Waals surface area contributed by atoms with Crippen molar-refractivity contribution in [2.75, 3.05) is 18.1 Å². The lowest BCUT2D eigenvalue weighted by atomic mass is 10.0. The van der Waals surface area contributed by atoms with E-state index in [1.165, 1.54) is 0 Å². The van der Waals surface area contributed by atoms with Gasteiger partial charge in [-0.15, -0.1) is 0 Å². The SMILES string of the molecule is CCOC(=O)c1cnc(-c2ccccc2)nc1N1CCc2[nH]nc(-c3cccc(Cl)c3)c2C1. The highest BCUT2D eigenvalue weighted by Crippen LogP contribution is 2.33. The summed E-state index contributed by atoms with van der Waals surface area (Å²) in [6.07, 6.45) is 2.31. The number of hydrogen-bond acceptors (Lipinski definition) is 6. The van der Waals surface area contributed by atoms with Crippen LogP contribution in [0, 0.1) is 0 Å². The summed E-state index contributed by atoms with van der Waals surface area (Å²) in [5.74, 6) is 0.693. The number of carbonyl (C=O) groups excluding carboxylic acids is 1. The van der Waals surface area contributed by atoms with Crippen molar-refractivity contribution in [3.8, 4) is 22.6 Å². The van der Waals surface area contributed by atoms with Gasteiger partial charge in [0.15, 0.2) is 5.82 Å². The van der Waals surface area contributed by atoms with Gasteiger partial charge in [0, 0.05) is 53.1 Å². The lowest BCUT2D eigenvalue weighted by Gasteiger charge is -2.29. The largest absolute Gasteiger partial charge is 0.462 e. The Morgan fingerprint density at radius 1 is 1.15 bits per heavy atom. The predicted molar refractivity (Wildman–Crippen MR) is 127 cm³/mol. The maximum atomic E-state index is 12.7. The molecule has 0 unspecified atom stereocenters. The van der Waals surface area contributed by atoms with E-state index in [1.54, 1.807) is 13.1 Å². The average Bonchev–Trinajstić information content (AvgIpc) is 3.28. The second kappa shape index (κ2) is 9.03. The molecular weight excluding hydrogens is 438 g/mol. The van der Waals surface area contributed by atoms with Gasteiger partial charge in [-0.25, -0.2) is 14.8 Å². The minimum absolute atomic E-state index is 0.281. The molecule has 1 aliphatic rings. The van der Waals surface area contributed by atoms with Crippen molar-refractivity contribution in [3.05, 3.63) is 82.6 Å². The third-order valence-corrected chi connectivity index (χ3v) is 5.86. The van der Waals surface area contributed by atoms with E-state index in [4.69, 9.17) is 21.3 Å². The molecule has 0 atom stereocenters. The van der Waals surface area contributed by atoms with E-state index in [2.05, 4.69) is 20.1 Å². The Morgan fingerprint density at radius 2 is 1.97 bits per heavy atom. The van der Waals surface area contributed by atoms with Crippen LogP contribution in [0.15, 0.2) is 60.8 Å². The Labute approximate surface area is 196 Å². The van der Waals surface area contributed by atoms with Gasteiger partial charge in [0.1, 0.15) is 11.4 Å². The fourth-order valence-electron chi connectivity index (χ4n) is 4.04. The molecule has 0 saturated carbocycles. The molecule has 2 aromatic heterocycles. The normalized spacial score (nSPS) is 13.0. The van der Waals surface area contributed by atoms with Crippen LogP contribution in [0.1, 0.15) is 28.5 Å². The van der Waals surface area contributed by atoms with Gasteiger partial charge < -0.3 is 9.64 Å². The van der Waals surface area contributed by atoms with Crippen LogP contribution in [0.25, 0.3) is 22.6 Å². The molecule has 3 heterocycles. The second-order valence-corrected chi connectivity index (χ2v) is 8.17. The van der Waals surface area contributed by atoms with E-state index < -0.39 is 5.97 Å². The van der Waals surface area contributed by atoms with Crippen LogP contribution in [0.2, 0.25) is 5.02 Å². The van der Waals surface area contributed by atoms with Crippen LogP contribution in [0.3, 0.4) is 0 Å². The van der Waals surface area contributed by atoms with E-state index in [0.717, 1.165) is 34.5 Å². The number of nitrogens with one attached hydrogen (secondary N) is 1. The first-order chi connectivity index (χ1) is 16.1. The molecule has 33 heavy (non-hydrogen) atoms. The molecule has 4 aromatic rings. The zero-order valence-corrected chi connectivity index (χ0v) is 18.8. The zero-order valence-electron chi connectivity index (χ0n) is 18.1. The third-order valence-electron chi connectivity index (χ3n) is 5.63. The van der Waals surface area contributed by atoms with Crippen LogP contribution in [0.4, 0.5) is 5.82 Å². The first-order valence-corrected chi connectivity index (χ1v) is 11.2. The van der Waals surface area contributed by atoms with E-state index in [0.29, 0.717) is 35.3 Å². The Hall–Kier alpha value is -3.71. The van der Waals surface area contributed by atoms with Gasteiger partial charge in [0.05, 0.1) is 12.3 Å². The highest BCUT2D eigenvalue weighted by Gasteiger charge is 2.28. The molecule has 1 aliphatic heterocycles. The summed E-state index contributed by atoms with van der Waals surface area (Å²) in [4.78, 5) is 24.1. The Balaban J connectivity index is 1.55. The fraction of sp³-hybridized carbons (Fsp3) is 0.200. The number of aromatic nitrogens is 4. The molecule has 5 rings (SSSR count). The van der Waals surface area contributed by atoms with E-state index >= 15 is 0 Å². The number of rotatable bonds is 5. The number of hydrogen-bond donors (Lipinski definition) is 1. The van der Waals surface area contributed by atoms with Crippen LogP contribution in [-0.2, 0) is 17.7 Å². The highest BCUT2D eigenvalue weighted by atomic mass is 35.5. The quantitative estimate of drug-likeness (QED) is 0.426. The Kier molecular flexibility index (Phi) is 5.79. The minimum atomic E-state index is -0.430. The van der Waals surface area contributed by atoms with Gasteiger partial charge >= 0.3 is 5.97 Å². The van der Waals surface area contributed by atoms with Crippen molar-refractivity contribution in [2.24, 2.45) is 0 Å². The lowest BCUT2D eigenvalue weighted by Crippen LogP contribution is -2.32. The molecule has 1 N–H and O–H groups in total. The topological polar surface area (TPSA) is 84.0 Å². The van der Waals surface area contributed by atoms with Gasteiger partial charge in [-0.1, -0.05) is 54.1 Å². The van der Waals surface area contributed by atoms with Crippen molar-refractivity contribution >= 4 is 23.4 Å². The summed E-state index contributed by atoms with van der Waals surface area (Å²) in [7, 11) is 0. The lowest BCUT2D eigenvalue weighted by molar-refractivity contribution is 0.0526. The van der Waals surface area contributed by atoms with Crippen LogP contribution >= 0.6 is 11.6 Å². The zero-order chi connectivity index (χ0) is 22.8. The second-order valence-electron chi connectivity index (χ2n) is 7.73. The number of ether oxygens (including phenoxy) is 1. The first-order valence-electron chi connectivity index (χ1n) is 10.8. The highest BCUT2D eigenvalue weighted by molar-refractivity contribution is 6.30. The van der Waals surface area contributed by atoms with Gasteiger partial charge in [-0.2, -0.15) is 5.10 Å². The van der Waals surface area contributed by atoms with Gasteiger partial charge in [-0.3, -0.25) is 5.10 Å². The predicted octanol–water partition coefficient (Wildman–Crippen LogP) is 4.93. The number of H-pyrrole nitrogens is 1. The van der Waals surface area contributed by atoms with E-state index in [9.17, 15) is 4.79 Å². The number of anilines is 1. The van der Waals surface area contributed by atoms with E-state index in [-0.39, 0.29) is 6.61 Å². The number of aromatic amines is 1. The molecule has 0 spiro atoms. The number of carbonyl (C=O) groups is 1. The number of halogens is 1. The number of benzene rings is 2. The van der Waals surface area contributed by atoms with Gasteiger partial charge in [0.2, 0.25) is 0 Å². The Bertz CT molecular complexity index is 1310. The molecule has 0 fully saturated rings. The first kappa shape index (κ1) is 21.2. The van der Waals surface area contributed by atoms with Crippen LogP contribution in [-0.4, -0.2) is 39.3 Å². The van der Waals surface area contributed by atoms with Crippen molar-refractivity contribution in [1.29, 1.82) is 0 Å². The maximum Gasteiger partial charge on any atom is 0.343 e. The minimum Gasteiger partial charge on any atom is -0.462 e.